The summed E-state index contributed by atoms with van der Waals surface area (Å²) < 4.78 is 1.90. The third kappa shape index (κ3) is 3.43. The van der Waals surface area contributed by atoms with Crippen molar-refractivity contribution in [2.75, 3.05) is 12.3 Å². The number of hydrogen-bond acceptors (Lipinski definition) is 3. The van der Waals surface area contributed by atoms with E-state index in [1.807, 2.05) is 11.7 Å². The minimum absolute atomic E-state index is 0.774. The van der Waals surface area contributed by atoms with Gasteiger partial charge in [-0.25, -0.2) is 0 Å². The second-order valence-corrected chi connectivity index (χ2v) is 6.59. The summed E-state index contributed by atoms with van der Waals surface area (Å²) in [5, 5.41) is 9.57. The van der Waals surface area contributed by atoms with E-state index >= 15 is 0 Å². The van der Waals surface area contributed by atoms with Gasteiger partial charge >= 0.3 is 0 Å². The van der Waals surface area contributed by atoms with Crippen LogP contribution in [-0.2, 0) is 20.0 Å². The van der Waals surface area contributed by atoms with E-state index in [1.54, 1.807) is 0 Å². The maximum absolute atomic E-state index is 6.32. The lowest BCUT2D eigenvalue weighted by molar-refractivity contribution is 0.577. The first-order valence-electron chi connectivity index (χ1n) is 6.75. The predicted molar refractivity (Wildman–Crippen MR) is 79.4 cm³/mol. The summed E-state index contributed by atoms with van der Waals surface area (Å²) in [6, 6.07) is 0. The van der Waals surface area contributed by atoms with Gasteiger partial charge in [0, 0.05) is 25.4 Å². The van der Waals surface area contributed by atoms with Crippen molar-refractivity contribution < 1.29 is 0 Å². The third-order valence-corrected chi connectivity index (χ3v) is 5.28. The highest BCUT2D eigenvalue weighted by molar-refractivity contribution is 7.99. The fraction of sp³-hybridized carbons (Fsp3) is 0.769. The highest BCUT2D eigenvalue weighted by Crippen LogP contribution is 2.25. The lowest BCUT2D eigenvalue weighted by Gasteiger charge is -2.21. The largest absolute Gasteiger partial charge is 0.310 e. The number of aromatic nitrogens is 2. The average molecular weight is 288 g/mol. The summed E-state index contributed by atoms with van der Waals surface area (Å²) in [6.45, 7) is 3.98. The molecule has 0 saturated carbocycles. The van der Waals surface area contributed by atoms with E-state index in [0.717, 1.165) is 41.2 Å². The van der Waals surface area contributed by atoms with Crippen LogP contribution >= 0.6 is 23.4 Å². The van der Waals surface area contributed by atoms with E-state index in [2.05, 4.69) is 29.1 Å². The molecule has 1 unspecified atom stereocenters. The van der Waals surface area contributed by atoms with Gasteiger partial charge in [-0.15, -0.1) is 0 Å². The van der Waals surface area contributed by atoms with Crippen LogP contribution in [0.4, 0.5) is 0 Å². The van der Waals surface area contributed by atoms with Crippen molar-refractivity contribution in [2.24, 2.45) is 7.05 Å². The van der Waals surface area contributed by atoms with E-state index in [-0.39, 0.29) is 0 Å². The van der Waals surface area contributed by atoms with Crippen molar-refractivity contribution in [3.8, 4) is 0 Å². The highest BCUT2D eigenvalue weighted by atomic mass is 35.5. The number of nitrogens with one attached hydrogen (secondary N) is 1. The molecule has 18 heavy (non-hydrogen) atoms. The normalized spacial score (nSPS) is 20.3. The van der Waals surface area contributed by atoms with Crippen molar-refractivity contribution in [3.05, 3.63) is 16.4 Å². The van der Waals surface area contributed by atoms with Crippen molar-refractivity contribution >= 4 is 23.4 Å². The minimum atomic E-state index is 0.774. The Morgan fingerprint density at radius 2 is 2.33 bits per heavy atom. The monoisotopic (exact) mass is 287 g/mol. The summed E-state index contributed by atoms with van der Waals surface area (Å²) in [5.74, 6) is 1.32. The number of nitrogens with zero attached hydrogens (tertiary/aromatic N) is 2. The second kappa shape index (κ2) is 6.83. The van der Waals surface area contributed by atoms with Crippen molar-refractivity contribution in [2.45, 2.75) is 44.4 Å². The molecule has 0 amide bonds. The Balaban J connectivity index is 1.84. The van der Waals surface area contributed by atoms with E-state index in [0.29, 0.717) is 0 Å². The van der Waals surface area contributed by atoms with Gasteiger partial charge in [-0.3, -0.25) is 4.68 Å². The highest BCUT2D eigenvalue weighted by Gasteiger charge is 2.15. The van der Waals surface area contributed by atoms with Crippen LogP contribution in [-0.4, -0.2) is 27.3 Å². The molecular weight excluding hydrogens is 266 g/mol. The molecule has 0 spiro atoms. The van der Waals surface area contributed by atoms with Gasteiger partial charge in [0.05, 0.1) is 16.4 Å². The summed E-state index contributed by atoms with van der Waals surface area (Å²) in [4.78, 5) is 0. The number of thioether (sulfide) groups is 1. The lowest BCUT2D eigenvalue weighted by Crippen LogP contribution is -2.27. The van der Waals surface area contributed by atoms with Gasteiger partial charge in [-0.05, 0) is 25.0 Å². The standard InChI is InChI=1S/C13H22ClN3S/c1-3-11-13(14)12(17(2)16-11)9-15-8-10-6-4-5-7-18-10/h10,15H,3-9H2,1-2H3. The van der Waals surface area contributed by atoms with Crippen LogP contribution in [0.2, 0.25) is 5.02 Å². The minimum Gasteiger partial charge on any atom is -0.310 e. The molecule has 102 valence electrons. The first-order valence-corrected chi connectivity index (χ1v) is 8.17. The molecule has 1 aromatic rings. The Morgan fingerprint density at radius 1 is 1.50 bits per heavy atom. The molecule has 2 heterocycles. The number of halogens is 1. The molecule has 2 rings (SSSR count). The quantitative estimate of drug-likeness (QED) is 0.903. The number of rotatable bonds is 5. The Kier molecular flexibility index (Phi) is 5.39. The van der Waals surface area contributed by atoms with Crippen LogP contribution in [0, 0.1) is 0 Å². The molecule has 5 heteroatoms. The Bertz CT molecular complexity index is 386. The summed E-state index contributed by atoms with van der Waals surface area (Å²) in [7, 11) is 1.97. The molecule has 1 aliphatic heterocycles. The summed E-state index contributed by atoms with van der Waals surface area (Å²) >= 11 is 8.42. The zero-order chi connectivity index (χ0) is 13.0. The van der Waals surface area contributed by atoms with E-state index in [1.165, 1.54) is 25.0 Å². The summed E-state index contributed by atoms with van der Waals surface area (Å²) in [5.41, 5.74) is 2.11. The summed E-state index contributed by atoms with van der Waals surface area (Å²) in [6.07, 6.45) is 5.00. The molecule has 0 radical (unpaired) electrons. The van der Waals surface area contributed by atoms with Crippen molar-refractivity contribution in [3.63, 3.8) is 0 Å². The van der Waals surface area contributed by atoms with Gasteiger partial charge in [0.25, 0.3) is 0 Å². The van der Waals surface area contributed by atoms with Crippen LogP contribution in [0.25, 0.3) is 0 Å². The Labute approximate surface area is 119 Å². The van der Waals surface area contributed by atoms with E-state index < -0.39 is 0 Å². The molecule has 1 saturated heterocycles. The van der Waals surface area contributed by atoms with Crippen LogP contribution in [0.3, 0.4) is 0 Å². The molecular formula is C13H22ClN3S. The fourth-order valence-electron chi connectivity index (χ4n) is 2.33. The number of hydrogen-bond donors (Lipinski definition) is 1. The van der Waals surface area contributed by atoms with Crippen LogP contribution in [0.1, 0.15) is 37.6 Å². The van der Waals surface area contributed by atoms with E-state index in [9.17, 15) is 0 Å². The smallest absolute Gasteiger partial charge is 0.0863 e. The average Bonchev–Trinajstić information content (AvgIpc) is 2.67. The molecule has 1 aromatic heterocycles. The molecule has 0 aromatic carbocycles. The van der Waals surface area contributed by atoms with Gasteiger partial charge in [0.1, 0.15) is 0 Å². The predicted octanol–water partition coefficient (Wildman–Crippen LogP) is 3.01. The van der Waals surface area contributed by atoms with Crippen molar-refractivity contribution in [1.29, 1.82) is 0 Å². The fourth-order valence-corrected chi connectivity index (χ4v) is 3.97. The molecule has 0 aliphatic carbocycles. The topological polar surface area (TPSA) is 29.9 Å². The molecule has 3 nitrogen and oxygen atoms in total. The lowest BCUT2D eigenvalue weighted by atomic mass is 10.2. The van der Waals surface area contributed by atoms with Gasteiger partial charge in [0.2, 0.25) is 0 Å². The van der Waals surface area contributed by atoms with Crippen molar-refractivity contribution in [1.82, 2.24) is 15.1 Å². The zero-order valence-corrected chi connectivity index (χ0v) is 12.8. The van der Waals surface area contributed by atoms with Crippen LogP contribution in [0.5, 0.6) is 0 Å². The SMILES string of the molecule is CCc1nn(C)c(CNCC2CCCCS2)c1Cl. The first-order chi connectivity index (χ1) is 8.72. The second-order valence-electron chi connectivity index (χ2n) is 4.80. The van der Waals surface area contributed by atoms with E-state index in [4.69, 9.17) is 11.6 Å². The maximum Gasteiger partial charge on any atom is 0.0863 e. The maximum atomic E-state index is 6.32. The number of aryl methyl sites for hydroxylation is 2. The molecule has 1 atom stereocenters. The molecule has 1 aliphatic rings. The first kappa shape index (κ1) is 14.2. The van der Waals surface area contributed by atoms with Crippen LogP contribution in [0.15, 0.2) is 0 Å². The van der Waals surface area contributed by atoms with Crippen LogP contribution < -0.4 is 5.32 Å². The van der Waals surface area contributed by atoms with Gasteiger partial charge in [-0.2, -0.15) is 16.9 Å². The van der Waals surface area contributed by atoms with Gasteiger partial charge in [0.15, 0.2) is 0 Å². The van der Waals surface area contributed by atoms with Gasteiger partial charge < -0.3 is 5.32 Å². The Morgan fingerprint density at radius 3 is 2.94 bits per heavy atom. The van der Waals surface area contributed by atoms with Gasteiger partial charge in [-0.1, -0.05) is 24.9 Å². The molecule has 0 bridgehead atoms. The third-order valence-electron chi connectivity index (χ3n) is 3.44. The molecule has 1 N–H and O–H groups in total. The zero-order valence-electron chi connectivity index (χ0n) is 11.2. The molecule has 1 fully saturated rings. The Hall–Kier alpha value is -0.190.